The molecule has 1 aromatic carbocycles. The van der Waals surface area contributed by atoms with Gasteiger partial charge >= 0.3 is 6.09 Å². The second-order valence-electron chi connectivity index (χ2n) is 16.2. The van der Waals surface area contributed by atoms with E-state index in [-0.39, 0.29) is 40.8 Å². The Bertz CT molecular complexity index is 1650. The molecule has 0 atom stereocenters. The van der Waals surface area contributed by atoms with E-state index >= 15 is 0 Å². The summed E-state index contributed by atoms with van der Waals surface area (Å²) in [7, 11) is 1.72. The van der Waals surface area contributed by atoms with Crippen LogP contribution >= 0.6 is 0 Å². The molecule has 0 radical (unpaired) electrons. The number of anilines is 1. The summed E-state index contributed by atoms with van der Waals surface area (Å²) in [6.07, 6.45) is 14.2. The lowest BCUT2D eigenvalue weighted by Gasteiger charge is -2.55. The van der Waals surface area contributed by atoms with Crippen LogP contribution in [0.2, 0.25) is 0 Å². The number of carbonyl (C=O) groups excluding carboxylic acids is 1. The number of ether oxygens (including phenoxy) is 1. The number of methoxy groups -OCH3 is 1. The second kappa shape index (κ2) is 14.4. The minimum Gasteiger partial charge on any atom is -0.496 e. The van der Waals surface area contributed by atoms with Gasteiger partial charge in [0.2, 0.25) is 5.91 Å². The Balaban J connectivity index is 1.25. The van der Waals surface area contributed by atoms with Gasteiger partial charge in [-0.2, -0.15) is 5.10 Å². The molecule has 2 N–H and O–H groups in total. The lowest BCUT2D eigenvalue weighted by atomic mass is 9.51. The van der Waals surface area contributed by atoms with Crippen molar-refractivity contribution >= 4 is 17.8 Å². The number of fused-ring (bicyclic) bond motifs is 3. The van der Waals surface area contributed by atoms with Crippen LogP contribution in [0, 0.1) is 18.3 Å². The smallest absolute Gasteiger partial charge is 0.407 e. The minimum absolute atomic E-state index is 0.0231. The van der Waals surface area contributed by atoms with Crippen LogP contribution in [0.4, 0.5) is 10.6 Å². The Morgan fingerprint density at radius 2 is 1.70 bits per heavy atom. The van der Waals surface area contributed by atoms with Crippen LogP contribution in [0.5, 0.6) is 5.75 Å². The van der Waals surface area contributed by atoms with Crippen LogP contribution < -0.4 is 9.64 Å². The van der Waals surface area contributed by atoms with Gasteiger partial charge in [0, 0.05) is 49.6 Å². The first-order chi connectivity index (χ1) is 23.9. The second-order valence-corrected chi connectivity index (χ2v) is 16.2. The van der Waals surface area contributed by atoms with E-state index in [9.17, 15) is 19.8 Å². The summed E-state index contributed by atoms with van der Waals surface area (Å²) in [6, 6.07) is 10.6. The zero-order valence-corrected chi connectivity index (χ0v) is 30.5. The highest BCUT2D eigenvalue weighted by Gasteiger charge is 2.51. The van der Waals surface area contributed by atoms with Gasteiger partial charge in [-0.3, -0.25) is 14.4 Å². The van der Waals surface area contributed by atoms with Crippen LogP contribution in [0.25, 0.3) is 11.1 Å². The molecule has 4 aliphatic rings. The topological polar surface area (TPSA) is 121 Å². The molecular formula is C40H55N5O5. The summed E-state index contributed by atoms with van der Waals surface area (Å²) in [5, 5.41) is 23.8. The Labute approximate surface area is 296 Å². The molecule has 10 nitrogen and oxygen atoms in total. The van der Waals surface area contributed by atoms with E-state index in [2.05, 4.69) is 57.2 Å². The van der Waals surface area contributed by atoms with Crippen molar-refractivity contribution in [3.63, 3.8) is 0 Å². The number of hydrogen-bond acceptors (Lipinski definition) is 6. The molecule has 2 aromatic heterocycles. The SMILES string of the molecule is COc1ccc(C23CCC(CN(C(=O)C4CCC(N(CCCO)C(=O)O)CC4)c4cc(-c5cnn(C(C)(C)C)c5)ccn4)(CC2)CC3)cc1C. The van der Waals surface area contributed by atoms with Gasteiger partial charge in [-0.1, -0.05) is 12.1 Å². The maximum Gasteiger partial charge on any atom is 0.407 e. The largest absolute Gasteiger partial charge is 0.496 e. The molecule has 2 amide bonds. The molecule has 0 aliphatic heterocycles. The number of aliphatic hydroxyl groups excluding tert-OH is 1. The maximum atomic E-state index is 14.7. The molecule has 4 aliphatic carbocycles. The number of aliphatic hydroxyl groups is 1. The third-order valence-corrected chi connectivity index (χ3v) is 12.1. The predicted octanol–water partition coefficient (Wildman–Crippen LogP) is 7.56. The minimum atomic E-state index is -0.958. The molecule has 4 saturated carbocycles. The van der Waals surface area contributed by atoms with Crippen molar-refractivity contribution in [1.82, 2.24) is 19.7 Å². The number of rotatable bonds is 11. The van der Waals surface area contributed by atoms with Crippen molar-refractivity contribution in [1.29, 1.82) is 0 Å². The van der Waals surface area contributed by atoms with Crippen molar-refractivity contribution in [3.05, 3.63) is 60.0 Å². The van der Waals surface area contributed by atoms with Crippen molar-refractivity contribution in [3.8, 4) is 16.9 Å². The summed E-state index contributed by atoms with van der Waals surface area (Å²) in [5.74, 6) is 1.50. The van der Waals surface area contributed by atoms with Gasteiger partial charge in [-0.15, -0.1) is 0 Å². The Morgan fingerprint density at radius 1 is 1.00 bits per heavy atom. The molecule has 270 valence electrons. The van der Waals surface area contributed by atoms with Crippen molar-refractivity contribution in [2.75, 3.05) is 31.7 Å². The highest BCUT2D eigenvalue weighted by molar-refractivity contribution is 5.95. The van der Waals surface area contributed by atoms with E-state index < -0.39 is 6.09 Å². The van der Waals surface area contributed by atoms with Gasteiger partial charge < -0.3 is 19.8 Å². The number of amides is 2. The zero-order chi connectivity index (χ0) is 35.7. The predicted molar refractivity (Wildman–Crippen MR) is 195 cm³/mol. The molecule has 50 heavy (non-hydrogen) atoms. The van der Waals surface area contributed by atoms with Gasteiger partial charge in [-0.05, 0) is 144 Å². The number of nitrogens with zero attached hydrogens (tertiary/aromatic N) is 5. The molecule has 4 fully saturated rings. The summed E-state index contributed by atoms with van der Waals surface area (Å²) in [5.41, 5.74) is 4.59. The Hall–Kier alpha value is -3.92. The number of carboxylic acid groups (broad SMARTS) is 1. The molecule has 2 heterocycles. The average molecular weight is 686 g/mol. The van der Waals surface area contributed by atoms with E-state index in [1.807, 2.05) is 27.9 Å². The van der Waals surface area contributed by atoms with Crippen molar-refractivity contribution < 1.29 is 24.5 Å². The molecule has 0 unspecified atom stereocenters. The van der Waals surface area contributed by atoms with E-state index in [1.165, 1.54) is 16.0 Å². The lowest BCUT2D eigenvalue weighted by molar-refractivity contribution is -0.124. The normalized spacial score (nSPS) is 24.9. The number of pyridine rings is 1. The molecule has 10 heteroatoms. The third-order valence-electron chi connectivity index (χ3n) is 12.1. The molecule has 0 spiro atoms. The standard InChI is InChI=1S/C40H55N5O5/c1-28-23-32(9-12-34(28)50-5)40-17-14-39(15-18-40,16-19-40)27-44(35-24-30(13-20-41-35)31-25-42-45(26-31)38(2,3)4)36(47)29-7-10-33(11-8-29)43(37(48)49)21-6-22-46/h9,12-13,20,23-26,29,33,46H,6-8,10-11,14-19,21-22,27H2,1-5H3,(H,48,49). The number of carbonyl (C=O) groups is 2. The third kappa shape index (κ3) is 7.27. The highest BCUT2D eigenvalue weighted by Crippen LogP contribution is 2.58. The van der Waals surface area contributed by atoms with Gasteiger partial charge in [0.05, 0.1) is 18.8 Å². The fourth-order valence-electron chi connectivity index (χ4n) is 8.86. The van der Waals surface area contributed by atoms with E-state index in [0.29, 0.717) is 51.0 Å². The first-order valence-corrected chi connectivity index (χ1v) is 18.5. The fourth-order valence-corrected chi connectivity index (χ4v) is 8.86. The van der Waals surface area contributed by atoms with Crippen LogP contribution in [-0.2, 0) is 15.7 Å². The van der Waals surface area contributed by atoms with E-state index in [1.54, 1.807) is 13.3 Å². The molecular weight excluding hydrogens is 630 g/mol. The van der Waals surface area contributed by atoms with Crippen LogP contribution in [0.3, 0.4) is 0 Å². The first kappa shape index (κ1) is 35.9. The van der Waals surface area contributed by atoms with Crippen molar-refractivity contribution in [2.24, 2.45) is 11.3 Å². The van der Waals surface area contributed by atoms with Crippen LogP contribution in [0.15, 0.2) is 48.9 Å². The summed E-state index contributed by atoms with van der Waals surface area (Å²) >= 11 is 0. The Kier molecular flexibility index (Phi) is 10.3. The van der Waals surface area contributed by atoms with E-state index in [4.69, 9.17) is 9.72 Å². The molecule has 2 bridgehead atoms. The van der Waals surface area contributed by atoms with Crippen molar-refractivity contribution in [2.45, 2.75) is 115 Å². The van der Waals surface area contributed by atoms with Crippen LogP contribution in [-0.4, -0.2) is 74.7 Å². The lowest BCUT2D eigenvalue weighted by Crippen LogP contribution is -2.52. The van der Waals surface area contributed by atoms with Gasteiger partial charge in [0.25, 0.3) is 0 Å². The summed E-state index contributed by atoms with van der Waals surface area (Å²) in [6.45, 7) is 9.39. The number of aryl methyl sites for hydroxylation is 1. The molecule has 3 aromatic rings. The van der Waals surface area contributed by atoms with E-state index in [0.717, 1.165) is 55.4 Å². The zero-order valence-electron chi connectivity index (χ0n) is 30.5. The number of benzene rings is 1. The Morgan fingerprint density at radius 3 is 2.28 bits per heavy atom. The van der Waals surface area contributed by atoms with Gasteiger partial charge in [-0.25, -0.2) is 9.78 Å². The maximum absolute atomic E-state index is 14.7. The molecule has 7 rings (SSSR count). The summed E-state index contributed by atoms with van der Waals surface area (Å²) in [4.78, 5) is 35.0. The first-order valence-electron chi connectivity index (χ1n) is 18.5. The number of aromatic nitrogens is 3. The highest BCUT2D eigenvalue weighted by atomic mass is 16.5. The fraction of sp³-hybridized carbons (Fsp3) is 0.600. The monoisotopic (exact) mass is 685 g/mol. The summed E-state index contributed by atoms with van der Waals surface area (Å²) < 4.78 is 7.51. The quantitative estimate of drug-likeness (QED) is 0.214. The van der Waals surface area contributed by atoms with Gasteiger partial charge in [0.1, 0.15) is 11.6 Å². The average Bonchev–Trinajstić information content (AvgIpc) is 3.63. The van der Waals surface area contributed by atoms with Crippen LogP contribution in [0.1, 0.15) is 103 Å². The molecule has 0 saturated heterocycles. The number of hydrogen-bond donors (Lipinski definition) is 2. The van der Waals surface area contributed by atoms with Gasteiger partial charge in [0.15, 0.2) is 0 Å².